The molecule has 5 nitrogen and oxygen atoms in total. The molecule has 0 aliphatic rings. The molecule has 1 aromatic heterocycles. The van der Waals surface area contributed by atoms with Gasteiger partial charge < -0.3 is 18.8 Å². The van der Waals surface area contributed by atoms with Crippen molar-refractivity contribution in [1.82, 2.24) is 4.57 Å². The predicted octanol–water partition coefficient (Wildman–Crippen LogP) is 4.84. The van der Waals surface area contributed by atoms with E-state index in [-0.39, 0.29) is 12.8 Å². The van der Waals surface area contributed by atoms with E-state index >= 15 is 0 Å². The molecule has 0 amide bonds. The fraction of sp³-hybridized carbons (Fsp3) is 0.160. The second-order valence-corrected chi connectivity index (χ2v) is 6.28. The van der Waals surface area contributed by atoms with Crippen molar-refractivity contribution >= 4 is 5.97 Å². The number of esters is 1. The number of hydrogen-bond acceptors (Lipinski definition) is 4. The van der Waals surface area contributed by atoms with Crippen LogP contribution in [0.15, 0.2) is 73.6 Å². The van der Waals surface area contributed by atoms with Crippen molar-refractivity contribution in [3.05, 3.63) is 84.7 Å². The summed E-state index contributed by atoms with van der Waals surface area (Å²) < 4.78 is 17.8. The van der Waals surface area contributed by atoms with Crippen molar-refractivity contribution in [1.29, 1.82) is 0 Å². The van der Waals surface area contributed by atoms with Gasteiger partial charge in [0.05, 0.1) is 17.7 Å². The molecule has 0 radical (unpaired) electrons. The van der Waals surface area contributed by atoms with E-state index in [4.69, 9.17) is 14.2 Å². The van der Waals surface area contributed by atoms with Crippen LogP contribution in [0.3, 0.4) is 0 Å². The first-order chi connectivity index (χ1) is 14.7. The molecule has 0 aliphatic carbocycles. The second-order valence-electron chi connectivity index (χ2n) is 6.28. The molecule has 0 saturated carbocycles. The van der Waals surface area contributed by atoms with E-state index in [0.29, 0.717) is 17.9 Å². The Morgan fingerprint density at radius 2 is 1.87 bits per heavy atom. The number of rotatable bonds is 7. The predicted molar refractivity (Wildman–Crippen MR) is 117 cm³/mol. The van der Waals surface area contributed by atoms with Gasteiger partial charge in [-0.05, 0) is 43.3 Å². The molecule has 3 aromatic rings. The molecule has 0 saturated heterocycles. The van der Waals surface area contributed by atoms with E-state index < -0.39 is 0 Å². The first-order valence-corrected chi connectivity index (χ1v) is 9.51. The lowest BCUT2D eigenvalue weighted by Gasteiger charge is -2.10. The van der Waals surface area contributed by atoms with Crippen molar-refractivity contribution < 1.29 is 19.0 Å². The molecule has 3 rings (SSSR count). The number of aromatic nitrogens is 1. The topological polar surface area (TPSA) is 49.7 Å². The zero-order valence-corrected chi connectivity index (χ0v) is 17.1. The lowest BCUT2D eigenvalue weighted by molar-refractivity contribution is 0.0514. The van der Waals surface area contributed by atoms with Crippen molar-refractivity contribution in [3.63, 3.8) is 0 Å². The Kier molecular flexibility index (Phi) is 7.09. The van der Waals surface area contributed by atoms with Crippen LogP contribution in [0.5, 0.6) is 5.75 Å². The number of carbonyl (C=O) groups excluding carboxylic acids is 1. The molecule has 0 atom stereocenters. The molecular weight excluding hydrogens is 378 g/mol. The fourth-order valence-electron chi connectivity index (χ4n) is 2.97. The highest BCUT2D eigenvalue weighted by molar-refractivity contribution is 5.89. The lowest BCUT2D eigenvalue weighted by atomic mass is 10.0. The van der Waals surface area contributed by atoms with Gasteiger partial charge in [0.15, 0.2) is 6.79 Å². The van der Waals surface area contributed by atoms with Gasteiger partial charge in [-0.15, -0.1) is 0 Å². The Bertz CT molecular complexity index is 1080. The van der Waals surface area contributed by atoms with E-state index in [1.165, 1.54) is 0 Å². The van der Waals surface area contributed by atoms with Crippen molar-refractivity contribution in [2.45, 2.75) is 6.92 Å². The summed E-state index contributed by atoms with van der Waals surface area (Å²) in [6.07, 6.45) is 5.49. The number of para-hydroxylation sites is 1. The zero-order chi connectivity index (χ0) is 21.3. The van der Waals surface area contributed by atoms with Gasteiger partial charge in [-0.3, -0.25) is 0 Å². The third kappa shape index (κ3) is 4.80. The van der Waals surface area contributed by atoms with Crippen LogP contribution < -0.4 is 4.74 Å². The number of methoxy groups -OCH3 is 1. The standard InChI is InChI=1S/C25H23NO4/c1-4-6-9-20-16-26(21-14-12-19(13-15-21)25(27)29-5-2)17-23(20)22-10-7-8-11-24(22)30-18-28-3/h4,7-8,10-17H,1,5,18H2,2-3H3. The molecule has 30 heavy (non-hydrogen) atoms. The van der Waals surface area contributed by atoms with Gasteiger partial charge in [0.1, 0.15) is 5.75 Å². The average Bonchev–Trinajstić information content (AvgIpc) is 3.20. The fourth-order valence-corrected chi connectivity index (χ4v) is 2.97. The SMILES string of the molecule is C=CC#Cc1cn(-c2ccc(C(=O)OCC)cc2)cc1-c1ccccc1OCOC. The largest absolute Gasteiger partial charge is 0.467 e. The molecule has 0 spiro atoms. The molecule has 1 heterocycles. The van der Waals surface area contributed by atoms with Crippen molar-refractivity contribution in [3.8, 4) is 34.4 Å². The Balaban J connectivity index is 2.03. The highest BCUT2D eigenvalue weighted by atomic mass is 16.7. The van der Waals surface area contributed by atoms with Gasteiger partial charge in [-0.2, -0.15) is 0 Å². The van der Waals surface area contributed by atoms with Crippen LogP contribution in [-0.2, 0) is 9.47 Å². The average molecular weight is 401 g/mol. The Morgan fingerprint density at radius 1 is 1.10 bits per heavy atom. The monoisotopic (exact) mass is 401 g/mol. The summed E-state index contributed by atoms with van der Waals surface area (Å²) >= 11 is 0. The molecule has 0 aliphatic heterocycles. The summed E-state index contributed by atoms with van der Waals surface area (Å²) in [5.41, 5.74) is 4.07. The van der Waals surface area contributed by atoms with Crippen LogP contribution in [0, 0.1) is 11.8 Å². The second kappa shape index (κ2) is 10.1. The Hall–Kier alpha value is -3.75. The molecule has 152 valence electrons. The first-order valence-electron chi connectivity index (χ1n) is 9.51. The van der Waals surface area contributed by atoms with E-state index in [0.717, 1.165) is 22.4 Å². The summed E-state index contributed by atoms with van der Waals surface area (Å²) in [4.78, 5) is 11.9. The van der Waals surface area contributed by atoms with Crippen molar-refractivity contribution in [2.75, 3.05) is 20.5 Å². The third-order valence-electron chi connectivity index (χ3n) is 4.32. The van der Waals surface area contributed by atoms with Gasteiger partial charge in [0.25, 0.3) is 0 Å². The molecular formula is C25H23NO4. The minimum atomic E-state index is -0.334. The quantitative estimate of drug-likeness (QED) is 0.323. The van der Waals surface area contributed by atoms with Gasteiger partial charge in [-0.25, -0.2) is 4.79 Å². The first kappa shape index (κ1) is 21.0. The molecule has 2 aromatic carbocycles. The molecule has 0 N–H and O–H groups in total. The van der Waals surface area contributed by atoms with Crippen LogP contribution in [0.4, 0.5) is 0 Å². The van der Waals surface area contributed by atoms with Crippen LogP contribution in [0.25, 0.3) is 16.8 Å². The number of allylic oxidation sites excluding steroid dienone is 1. The number of benzene rings is 2. The Labute approximate surface area is 176 Å². The van der Waals surface area contributed by atoms with Gasteiger partial charge in [0, 0.05) is 36.3 Å². The summed E-state index contributed by atoms with van der Waals surface area (Å²) in [6.45, 7) is 5.96. The Morgan fingerprint density at radius 3 is 2.57 bits per heavy atom. The van der Waals surface area contributed by atoms with Crippen LogP contribution >= 0.6 is 0 Å². The number of hydrogen-bond donors (Lipinski definition) is 0. The summed E-state index contributed by atoms with van der Waals surface area (Å²) in [5.74, 6) is 6.42. The summed E-state index contributed by atoms with van der Waals surface area (Å²) in [7, 11) is 1.58. The van der Waals surface area contributed by atoms with E-state index in [1.807, 2.05) is 53.4 Å². The maximum Gasteiger partial charge on any atom is 0.338 e. The van der Waals surface area contributed by atoms with Crippen LogP contribution in [-0.4, -0.2) is 31.0 Å². The summed E-state index contributed by atoms with van der Waals surface area (Å²) in [5, 5.41) is 0. The third-order valence-corrected chi connectivity index (χ3v) is 4.32. The van der Waals surface area contributed by atoms with E-state index in [9.17, 15) is 4.79 Å². The smallest absolute Gasteiger partial charge is 0.338 e. The molecule has 0 unspecified atom stereocenters. The van der Waals surface area contributed by atoms with E-state index in [1.54, 1.807) is 32.2 Å². The van der Waals surface area contributed by atoms with E-state index in [2.05, 4.69) is 18.4 Å². The minimum Gasteiger partial charge on any atom is -0.467 e. The maximum atomic E-state index is 11.9. The summed E-state index contributed by atoms with van der Waals surface area (Å²) in [6, 6.07) is 15.0. The normalized spacial score (nSPS) is 10.1. The van der Waals surface area contributed by atoms with Crippen molar-refractivity contribution in [2.24, 2.45) is 0 Å². The zero-order valence-electron chi connectivity index (χ0n) is 17.1. The molecule has 0 fully saturated rings. The maximum absolute atomic E-state index is 11.9. The van der Waals surface area contributed by atoms with Crippen LogP contribution in [0.1, 0.15) is 22.8 Å². The highest BCUT2D eigenvalue weighted by Crippen LogP contribution is 2.33. The highest BCUT2D eigenvalue weighted by Gasteiger charge is 2.14. The lowest BCUT2D eigenvalue weighted by Crippen LogP contribution is -2.04. The van der Waals surface area contributed by atoms with Gasteiger partial charge >= 0.3 is 5.97 Å². The van der Waals surface area contributed by atoms with Gasteiger partial charge in [-0.1, -0.05) is 36.6 Å². The van der Waals surface area contributed by atoms with Crippen LogP contribution in [0.2, 0.25) is 0 Å². The number of carbonyl (C=O) groups is 1. The number of nitrogens with zero attached hydrogens (tertiary/aromatic N) is 1. The molecule has 5 heteroatoms. The molecule has 0 bridgehead atoms. The van der Waals surface area contributed by atoms with Gasteiger partial charge in [0.2, 0.25) is 0 Å². The minimum absolute atomic E-state index is 0.153. The number of ether oxygens (including phenoxy) is 3.